The van der Waals surface area contributed by atoms with Gasteiger partial charge in [0.15, 0.2) is 0 Å². The number of anilines is 1. The minimum atomic E-state index is 0.00731. The molecule has 1 N–H and O–H groups in total. The summed E-state index contributed by atoms with van der Waals surface area (Å²) < 4.78 is 1.53. The maximum atomic E-state index is 12.5. The highest BCUT2D eigenvalue weighted by atomic mass is 16.3. The van der Waals surface area contributed by atoms with E-state index in [-0.39, 0.29) is 25.1 Å². The van der Waals surface area contributed by atoms with Gasteiger partial charge >= 0.3 is 0 Å². The van der Waals surface area contributed by atoms with E-state index in [0.29, 0.717) is 12.1 Å². The quantitative estimate of drug-likeness (QED) is 0.902. The molecule has 1 amide bonds. The number of para-hydroxylation sites is 1. The lowest BCUT2D eigenvalue weighted by Crippen LogP contribution is -2.38. The van der Waals surface area contributed by atoms with Gasteiger partial charge in [-0.2, -0.15) is 0 Å². The van der Waals surface area contributed by atoms with Gasteiger partial charge in [-0.15, -0.1) is 5.10 Å². The van der Waals surface area contributed by atoms with Crippen molar-refractivity contribution in [3.63, 3.8) is 0 Å². The third kappa shape index (κ3) is 2.67. The highest BCUT2D eigenvalue weighted by Crippen LogP contribution is 2.31. The molecular weight excluding hydrogens is 268 g/mol. The minimum Gasteiger partial charge on any atom is -0.396 e. The Morgan fingerprint density at radius 1 is 1.43 bits per heavy atom. The molecule has 2 aromatic rings. The van der Waals surface area contributed by atoms with E-state index in [1.807, 2.05) is 23.1 Å². The number of aliphatic hydroxyl groups is 1. The summed E-state index contributed by atoms with van der Waals surface area (Å²) in [5.74, 6) is 0.00731. The molecule has 21 heavy (non-hydrogen) atoms. The molecule has 2 heterocycles. The number of nitrogens with zero attached hydrogens (tertiary/aromatic N) is 4. The molecule has 0 saturated carbocycles. The van der Waals surface area contributed by atoms with E-state index >= 15 is 0 Å². The normalized spacial score (nSPS) is 17.0. The predicted octanol–water partition coefficient (Wildman–Crippen LogP) is 0.791. The number of benzene rings is 1. The molecule has 0 aliphatic carbocycles. The van der Waals surface area contributed by atoms with Crippen LogP contribution in [0.15, 0.2) is 30.5 Å². The third-order valence-corrected chi connectivity index (χ3v) is 3.73. The van der Waals surface area contributed by atoms with Crippen molar-refractivity contribution in [2.45, 2.75) is 32.4 Å². The van der Waals surface area contributed by atoms with Crippen molar-refractivity contribution in [3.8, 4) is 0 Å². The van der Waals surface area contributed by atoms with Crippen molar-refractivity contribution < 1.29 is 9.90 Å². The van der Waals surface area contributed by atoms with Gasteiger partial charge < -0.3 is 10.0 Å². The van der Waals surface area contributed by atoms with E-state index in [4.69, 9.17) is 5.11 Å². The molecule has 3 rings (SSSR count). The van der Waals surface area contributed by atoms with E-state index < -0.39 is 0 Å². The fraction of sp³-hybridized carbons (Fsp3) is 0.400. The molecule has 1 aromatic heterocycles. The molecule has 110 valence electrons. The summed E-state index contributed by atoms with van der Waals surface area (Å²) in [7, 11) is 0. The van der Waals surface area contributed by atoms with Crippen LogP contribution < -0.4 is 4.90 Å². The van der Waals surface area contributed by atoms with Gasteiger partial charge in [-0.3, -0.25) is 4.79 Å². The van der Waals surface area contributed by atoms with Gasteiger partial charge in [0.05, 0.1) is 5.69 Å². The molecule has 1 aromatic carbocycles. The highest BCUT2D eigenvalue weighted by Gasteiger charge is 2.30. The predicted molar refractivity (Wildman–Crippen MR) is 77.9 cm³/mol. The number of hydrogen-bond acceptors (Lipinski definition) is 4. The highest BCUT2D eigenvalue weighted by molar-refractivity contribution is 5.95. The Hall–Kier alpha value is -2.21. The lowest BCUT2D eigenvalue weighted by Gasteiger charge is -2.22. The van der Waals surface area contributed by atoms with Gasteiger partial charge in [-0.1, -0.05) is 23.4 Å². The van der Waals surface area contributed by atoms with Crippen LogP contribution in [-0.2, 0) is 24.2 Å². The summed E-state index contributed by atoms with van der Waals surface area (Å²) in [6.45, 7) is 2.25. The van der Waals surface area contributed by atoms with Crippen molar-refractivity contribution in [1.29, 1.82) is 0 Å². The first-order valence-electron chi connectivity index (χ1n) is 7.09. The second kappa shape index (κ2) is 5.65. The summed E-state index contributed by atoms with van der Waals surface area (Å²) in [5.41, 5.74) is 2.89. The molecule has 6 nitrogen and oxygen atoms in total. The number of aliphatic hydroxyl groups excluding tert-OH is 1. The molecule has 6 heteroatoms. The number of aromatic nitrogens is 3. The summed E-state index contributed by atoms with van der Waals surface area (Å²) in [6.07, 6.45) is 3.05. The van der Waals surface area contributed by atoms with Crippen LogP contribution in [0, 0.1) is 0 Å². The first-order valence-corrected chi connectivity index (χ1v) is 7.09. The van der Waals surface area contributed by atoms with Gasteiger partial charge in [0.25, 0.3) is 0 Å². The van der Waals surface area contributed by atoms with Crippen molar-refractivity contribution in [1.82, 2.24) is 15.0 Å². The average Bonchev–Trinajstić information content (AvgIpc) is 3.02. The molecule has 0 bridgehead atoms. The van der Waals surface area contributed by atoms with Crippen LogP contribution in [0.3, 0.4) is 0 Å². The molecule has 0 spiro atoms. The van der Waals surface area contributed by atoms with Crippen LogP contribution in [0.5, 0.6) is 0 Å². The Labute approximate surface area is 123 Å². The number of hydrogen-bond donors (Lipinski definition) is 1. The zero-order chi connectivity index (χ0) is 14.8. The van der Waals surface area contributed by atoms with E-state index in [9.17, 15) is 4.79 Å². The monoisotopic (exact) mass is 286 g/mol. The van der Waals surface area contributed by atoms with E-state index in [0.717, 1.165) is 12.1 Å². The molecule has 1 atom stereocenters. The van der Waals surface area contributed by atoms with E-state index in [1.165, 1.54) is 10.2 Å². The zero-order valence-electron chi connectivity index (χ0n) is 11.9. The minimum absolute atomic E-state index is 0.00731. The van der Waals surface area contributed by atoms with Crippen LogP contribution in [0.25, 0.3) is 0 Å². The molecule has 0 saturated heterocycles. The summed E-state index contributed by atoms with van der Waals surface area (Å²) in [4.78, 5) is 14.4. The second-order valence-corrected chi connectivity index (χ2v) is 5.33. The smallest absolute Gasteiger partial charge is 0.249 e. The van der Waals surface area contributed by atoms with Crippen LogP contribution >= 0.6 is 0 Å². The van der Waals surface area contributed by atoms with Crippen molar-refractivity contribution >= 4 is 11.6 Å². The largest absolute Gasteiger partial charge is 0.396 e. The van der Waals surface area contributed by atoms with E-state index in [1.54, 1.807) is 6.20 Å². The number of carbonyl (C=O) groups excluding carboxylic acids is 1. The van der Waals surface area contributed by atoms with Gasteiger partial charge in [-0.25, -0.2) is 4.68 Å². The molecule has 0 fully saturated rings. The second-order valence-electron chi connectivity index (χ2n) is 5.33. The summed E-state index contributed by atoms with van der Waals surface area (Å²) in [6, 6.07) is 8.16. The number of rotatable bonds is 4. The van der Waals surface area contributed by atoms with Crippen LogP contribution in [0.4, 0.5) is 5.69 Å². The molecule has 0 radical (unpaired) electrons. The molecule has 1 unspecified atom stereocenters. The van der Waals surface area contributed by atoms with Gasteiger partial charge in [0, 0.05) is 31.0 Å². The maximum absolute atomic E-state index is 12.5. The van der Waals surface area contributed by atoms with Crippen LogP contribution in [0.1, 0.15) is 18.2 Å². The summed E-state index contributed by atoms with van der Waals surface area (Å²) >= 11 is 0. The number of fused-ring (bicyclic) bond motifs is 1. The van der Waals surface area contributed by atoms with Gasteiger partial charge in [-0.05, 0) is 25.0 Å². The topological polar surface area (TPSA) is 71.2 Å². The number of carbonyl (C=O) groups is 1. The lowest BCUT2D eigenvalue weighted by atomic mass is 10.1. The lowest BCUT2D eigenvalue weighted by molar-refractivity contribution is -0.119. The Bertz CT molecular complexity index is 653. The van der Waals surface area contributed by atoms with E-state index in [2.05, 4.69) is 23.3 Å². The Kier molecular flexibility index (Phi) is 3.70. The molecule has 1 aliphatic rings. The standard InChI is InChI=1S/C15H18N4O2/c1-11-8-12-4-2-3-5-14(12)19(11)15(21)10-18-9-13(6-7-20)16-17-18/h2-5,9,11,20H,6-8,10H2,1H3. The fourth-order valence-corrected chi connectivity index (χ4v) is 2.81. The Morgan fingerprint density at radius 3 is 3.05 bits per heavy atom. The van der Waals surface area contributed by atoms with Crippen LogP contribution in [0.2, 0.25) is 0 Å². The van der Waals surface area contributed by atoms with Crippen molar-refractivity contribution in [2.75, 3.05) is 11.5 Å². The fourth-order valence-electron chi connectivity index (χ4n) is 2.81. The first kappa shape index (κ1) is 13.8. The van der Waals surface area contributed by atoms with Crippen molar-refractivity contribution in [3.05, 3.63) is 41.7 Å². The third-order valence-electron chi connectivity index (χ3n) is 3.73. The first-order chi connectivity index (χ1) is 10.2. The maximum Gasteiger partial charge on any atom is 0.249 e. The Morgan fingerprint density at radius 2 is 2.24 bits per heavy atom. The summed E-state index contributed by atoms with van der Waals surface area (Å²) in [5, 5.41) is 16.7. The SMILES string of the molecule is CC1Cc2ccccc2N1C(=O)Cn1cc(CCO)nn1. The Balaban J connectivity index is 1.76. The van der Waals surface area contributed by atoms with Crippen LogP contribution in [-0.4, -0.2) is 38.7 Å². The molecular formula is C15H18N4O2. The van der Waals surface area contributed by atoms with Crippen molar-refractivity contribution in [2.24, 2.45) is 0 Å². The van der Waals surface area contributed by atoms with Gasteiger partial charge in [0.1, 0.15) is 6.54 Å². The van der Waals surface area contributed by atoms with Gasteiger partial charge in [0.2, 0.25) is 5.91 Å². The zero-order valence-corrected chi connectivity index (χ0v) is 11.9. The number of amides is 1. The average molecular weight is 286 g/mol. The molecule has 1 aliphatic heterocycles.